The van der Waals surface area contributed by atoms with Crippen LogP contribution in [0.4, 0.5) is 13.2 Å². The quantitative estimate of drug-likeness (QED) is 0.900. The Labute approximate surface area is 93.5 Å². The highest BCUT2D eigenvalue weighted by Gasteiger charge is 2.37. The van der Waals surface area contributed by atoms with Crippen LogP contribution in [0.15, 0.2) is 5.38 Å². The molecule has 0 aliphatic heterocycles. The molecule has 0 saturated carbocycles. The smallest absolute Gasteiger partial charge is 0.383 e. The molecule has 15 heavy (non-hydrogen) atoms. The second-order valence-electron chi connectivity index (χ2n) is 2.93. The summed E-state index contributed by atoms with van der Waals surface area (Å²) in [6.07, 6.45) is -6.77. The third-order valence-electron chi connectivity index (χ3n) is 1.57. The molecule has 0 aliphatic rings. The van der Waals surface area contributed by atoms with Gasteiger partial charge in [0.2, 0.25) is 0 Å². The number of rotatable bonds is 4. The number of aliphatic hydroxyl groups is 1. The minimum Gasteiger partial charge on any atom is -0.383 e. The van der Waals surface area contributed by atoms with Crippen molar-refractivity contribution in [2.45, 2.75) is 25.0 Å². The van der Waals surface area contributed by atoms with Gasteiger partial charge in [-0.3, -0.25) is 0 Å². The lowest BCUT2D eigenvalue weighted by molar-refractivity contribution is -0.195. The Hall–Kier alpha value is -0.270. The van der Waals surface area contributed by atoms with Crippen LogP contribution < -0.4 is 0 Å². The van der Waals surface area contributed by atoms with Crippen LogP contribution in [0.1, 0.15) is 10.7 Å². The Bertz CT molecular complexity index is 313. The Balaban J connectivity index is 2.28. The molecule has 0 spiro atoms. The highest BCUT2D eigenvalue weighted by atomic mass is 32.2. The van der Waals surface area contributed by atoms with Gasteiger partial charge in [0.15, 0.2) is 6.10 Å². The number of hydrogen-bond acceptors (Lipinski definition) is 4. The van der Waals surface area contributed by atoms with Crippen molar-refractivity contribution in [2.75, 3.05) is 5.75 Å². The zero-order valence-electron chi connectivity index (χ0n) is 7.91. The van der Waals surface area contributed by atoms with Crippen molar-refractivity contribution in [1.29, 1.82) is 0 Å². The molecule has 1 rings (SSSR count). The van der Waals surface area contributed by atoms with Gasteiger partial charge in [-0.05, 0) is 6.92 Å². The van der Waals surface area contributed by atoms with E-state index in [0.717, 1.165) is 22.5 Å². The summed E-state index contributed by atoms with van der Waals surface area (Å²) >= 11 is 2.49. The van der Waals surface area contributed by atoms with Gasteiger partial charge in [0.05, 0.1) is 10.7 Å². The first-order valence-electron chi connectivity index (χ1n) is 4.13. The summed E-state index contributed by atoms with van der Waals surface area (Å²) in [5.74, 6) is 0.0531. The Morgan fingerprint density at radius 1 is 1.60 bits per heavy atom. The van der Waals surface area contributed by atoms with Crippen molar-refractivity contribution in [3.63, 3.8) is 0 Å². The lowest BCUT2D eigenvalue weighted by Gasteiger charge is -2.13. The first-order valence-corrected chi connectivity index (χ1v) is 6.16. The van der Waals surface area contributed by atoms with E-state index in [4.69, 9.17) is 5.11 Å². The molecule has 0 saturated heterocycles. The number of thiazole rings is 1. The van der Waals surface area contributed by atoms with Crippen LogP contribution in [0.5, 0.6) is 0 Å². The molecule has 2 nitrogen and oxygen atoms in total. The fourth-order valence-electron chi connectivity index (χ4n) is 0.844. The van der Waals surface area contributed by atoms with Gasteiger partial charge in [-0.1, -0.05) is 0 Å². The van der Waals surface area contributed by atoms with E-state index < -0.39 is 12.3 Å². The van der Waals surface area contributed by atoms with E-state index in [1.807, 2.05) is 12.3 Å². The van der Waals surface area contributed by atoms with Crippen LogP contribution in [0.3, 0.4) is 0 Å². The molecule has 0 unspecified atom stereocenters. The van der Waals surface area contributed by atoms with E-state index in [1.54, 1.807) is 0 Å². The molecule has 0 bridgehead atoms. The molecule has 0 radical (unpaired) electrons. The Morgan fingerprint density at radius 3 is 2.73 bits per heavy atom. The van der Waals surface area contributed by atoms with Crippen molar-refractivity contribution in [2.24, 2.45) is 0 Å². The zero-order valence-corrected chi connectivity index (χ0v) is 9.55. The van der Waals surface area contributed by atoms with Gasteiger partial charge in [0.25, 0.3) is 0 Å². The molecule has 0 aliphatic carbocycles. The maximum atomic E-state index is 11.9. The average molecular weight is 257 g/mol. The summed E-state index contributed by atoms with van der Waals surface area (Å²) in [6.45, 7) is 1.84. The molecule has 0 amide bonds. The second-order valence-corrected chi connectivity index (χ2v) is 5.02. The highest BCUT2D eigenvalue weighted by molar-refractivity contribution is 7.98. The highest BCUT2D eigenvalue weighted by Crippen LogP contribution is 2.24. The fraction of sp³-hybridized carbons (Fsp3) is 0.625. The zero-order chi connectivity index (χ0) is 11.5. The Morgan fingerprint density at radius 2 is 2.27 bits per heavy atom. The summed E-state index contributed by atoms with van der Waals surface area (Å²) in [6, 6.07) is 0. The number of halogens is 3. The number of aliphatic hydroxyl groups excluding tert-OH is 1. The molecule has 1 heterocycles. The molecule has 7 heteroatoms. The first kappa shape index (κ1) is 12.8. The van der Waals surface area contributed by atoms with Gasteiger partial charge in [-0.2, -0.15) is 24.9 Å². The van der Waals surface area contributed by atoms with Crippen molar-refractivity contribution in [3.05, 3.63) is 16.1 Å². The number of aromatic nitrogens is 1. The maximum absolute atomic E-state index is 11.9. The van der Waals surface area contributed by atoms with Crippen molar-refractivity contribution in [1.82, 2.24) is 4.98 Å². The second kappa shape index (κ2) is 5.18. The van der Waals surface area contributed by atoms with Crippen molar-refractivity contribution in [3.8, 4) is 0 Å². The van der Waals surface area contributed by atoms with Gasteiger partial charge in [-0.15, -0.1) is 11.3 Å². The molecule has 1 atom stereocenters. The van der Waals surface area contributed by atoms with Gasteiger partial charge >= 0.3 is 6.18 Å². The van der Waals surface area contributed by atoms with Crippen molar-refractivity contribution < 1.29 is 18.3 Å². The first-order chi connectivity index (χ1) is 6.89. The minimum absolute atomic E-state index is 0.347. The van der Waals surface area contributed by atoms with Gasteiger partial charge in [0.1, 0.15) is 0 Å². The summed E-state index contributed by atoms with van der Waals surface area (Å²) in [4.78, 5) is 4.10. The van der Waals surface area contributed by atoms with Gasteiger partial charge < -0.3 is 5.11 Å². The Kier molecular flexibility index (Phi) is 4.42. The van der Waals surface area contributed by atoms with Crippen LogP contribution >= 0.6 is 23.1 Å². The fourth-order valence-corrected chi connectivity index (χ4v) is 2.45. The van der Waals surface area contributed by atoms with Crippen LogP contribution in [-0.2, 0) is 5.75 Å². The lowest BCUT2D eigenvalue weighted by atomic mass is 10.4. The van der Waals surface area contributed by atoms with E-state index in [1.165, 1.54) is 11.3 Å². The monoisotopic (exact) mass is 257 g/mol. The molecule has 0 fully saturated rings. The summed E-state index contributed by atoms with van der Waals surface area (Å²) < 4.78 is 35.7. The number of thioether (sulfide) groups is 1. The van der Waals surface area contributed by atoms with E-state index in [9.17, 15) is 13.2 Å². The van der Waals surface area contributed by atoms with E-state index in [-0.39, 0.29) is 5.75 Å². The molecule has 1 aromatic heterocycles. The number of alkyl halides is 3. The van der Waals surface area contributed by atoms with Gasteiger partial charge in [-0.25, -0.2) is 4.98 Å². The lowest BCUT2D eigenvalue weighted by Crippen LogP contribution is -2.30. The summed E-state index contributed by atoms with van der Waals surface area (Å²) in [5.41, 5.74) is 0.761. The van der Waals surface area contributed by atoms with Crippen LogP contribution in [0.25, 0.3) is 0 Å². The normalized spacial score (nSPS) is 14.2. The molecular formula is C8H10F3NOS2. The molecule has 86 valence electrons. The van der Waals surface area contributed by atoms with Crippen LogP contribution in [0.2, 0.25) is 0 Å². The predicted molar refractivity (Wildman–Crippen MR) is 55.1 cm³/mol. The number of nitrogens with zero attached hydrogens (tertiary/aromatic N) is 1. The largest absolute Gasteiger partial charge is 0.415 e. The standard InChI is InChI=1S/C8H10F3NOS2/c1-5-12-6(3-15-5)2-14-4-7(13)8(9,10)11/h3,7,13H,2,4H2,1H3/t7-/m0/s1. The van der Waals surface area contributed by atoms with E-state index >= 15 is 0 Å². The summed E-state index contributed by atoms with van der Waals surface area (Å²) in [7, 11) is 0. The van der Waals surface area contributed by atoms with E-state index in [2.05, 4.69) is 4.98 Å². The molecular weight excluding hydrogens is 247 g/mol. The average Bonchev–Trinajstić information content (AvgIpc) is 2.49. The molecule has 1 N–H and O–H groups in total. The molecule has 1 aromatic rings. The van der Waals surface area contributed by atoms with E-state index in [0.29, 0.717) is 5.75 Å². The predicted octanol–water partition coefficient (Wildman–Crippen LogP) is 2.61. The SMILES string of the molecule is Cc1nc(CSC[C@H](O)C(F)(F)F)cs1. The minimum atomic E-state index is -4.52. The maximum Gasteiger partial charge on any atom is 0.415 e. The summed E-state index contributed by atoms with van der Waals surface area (Å²) in [5, 5.41) is 11.4. The van der Waals surface area contributed by atoms with Crippen LogP contribution in [-0.4, -0.2) is 28.1 Å². The van der Waals surface area contributed by atoms with Crippen LogP contribution in [0, 0.1) is 6.92 Å². The van der Waals surface area contributed by atoms with Gasteiger partial charge in [0, 0.05) is 16.9 Å². The number of hydrogen-bond donors (Lipinski definition) is 1. The third kappa shape index (κ3) is 4.40. The topological polar surface area (TPSA) is 33.1 Å². The number of aryl methyl sites for hydroxylation is 1. The third-order valence-corrected chi connectivity index (χ3v) is 3.44. The molecule has 0 aromatic carbocycles. The van der Waals surface area contributed by atoms with Crippen molar-refractivity contribution >= 4 is 23.1 Å².